The highest BCUT2D eigenvalue weighted by molar-refractivity contribution is 5.89. The maximum absolute atomic E-state index is 11.3. The second-order valence-electron chi connectivity index (χ2n) is 2.67. The molecule has 16 heavy (non-hydrogen) atoms. The lowest BCUT2D eigenvalue weighted by Crippen LogP contribution is -2.03. The summed E-state index contributed by atoms with van der Waals surface area (Å²) in [5.41, 5.74) is 1.47. The number of carbonyl (C=O) groups is 1. The van der Waals surface area contributed by atoms with Crippen molar-refractivity contribution in [2.45, 2.75) is 27.7 Å². The summed E-state index contributed by atoms with van der Waals surface area (Å²) in [6.07, 6.45) is 0. The van der Waals surface area contributed by atoms with E-state index in [1.54, 1.807) is 26.0 Å². The van der Waals surface area contributed by atoms with Gasteiger partial charge in [0.2, 0.25) is 0 Å². The maximum atomic E-state index is 11.3. The first-order chi connectivity index (χ1) is 7.77. The highest BCUT2D eigenvalue weighted by Gasteiger charge is 2.04. The Morgan fingerprint density at radius 1 is 1.25 bits per heavy atom. The van der Waals surface area contributed by atoms with Gasteiger partial charge in [-0.1, -0.05) is 19.8 Å². The van der Waals surface area contributed by atoms with Crippen LogP contribution in [0.5, 0.6) is 0 Å². The molecular formula is C14H18O2. The van der Waals surface area contributed by atoms with Crippen molar-refractivity contribution in [3.8, 4) is 11.8 Å². The van der Waals surface area contributed by atoms with Crippen LogP contribution in [-0.4, -0.2) is 12.6 Å². The Labute approximate surface area is 97.6 Å². The normalized spacial score (nSPS) is 8.00. The lowest BCUT2D eigenvalue weighted by atomic mass is 10.1. The van der Waals surface area contributed by atoms with Crippen LogP contribution in [0.15, 0.2) is 24.3 Å². The fourth-order valence-corrected chi connectivity index (χ4v) is 1.05. The Balaban J connectivity index is 0.00000106. The number of rotatable bonds is 2. The van der Waals surface area contributed by atoms with E-state index in [4.69, 9.17) is 4.74 Å². The zero-order valence-corrected chi connectivity index (χ0v) is 10.3. The molecule has 1 aromatic carbocycles. The molecular weight excluding hydrogens is 200 g/mol. The summed E-state index contributed by atoms with van der Waals surface area (Å²) < 4.78 is 4.85. The van der Waals surface area contributed by atoms with Crippen molar-refractivity contribution < 1.29 is 9.53 Å². The average Bonchev–Trinajstić information content (AvgIpc) is 2.33. The molecule has 2 heteroatoms. The largest absolute Gasteiger partial charge is 0.462 e. The molecule has 0 heterocycles. The van der Waals surface area contributed by atoms with Crippen LogP contribution in [0.2, 0.25) is 0 Å². The Hall–Kier alpha value is -1.75. The molecule has 0 atom stereocenters. The lowest BCUT2D eigenvalue weighted by Gasteiger charge is -2.00. The SMILES string of the molecule is CC.CC#Cc1ccc(C(=O)OCC)cc1. The molecule has 0 aliphatic carbocycles. The molecule has 0 radical (unpaired) electrons. The van der Waals surface area contributed by atoms with Crippen LogP contribution < -0.4 is 0 Å². The fourth-order valence-electron chi connectivity index (χ4n) is 1.05. The van der Waals surface area contributed by atoms with Gasteiger partial charge in [-0.15, -0.1) is 5.92 Å². The highest BCUT2D eigenvalue weighted by Crippen LogP contribution is 2.04. The van der Waals surface area contributed by atoms with Crippen LogP contribution in [0.4, 0.5) is 0 Å². The Bertz CT molecular complexity index is 366. The van der Waals surface area contributed by atoms with Crippen LogP contribution in [0.3, 0.4) is 0 Å². The van der Waals surface area contributed by atoms with Gasteiger partial charge in [-0.25, -0.2) is 4.79 Å². The standard InChI is InChI=1S/C12H12O2.C2H6/c1-3-5-10-6-8-11(9-7-10)12(13)14-4-2;1-2/h6-9H,4H2,1-2H3;1-2H3. The third-order valence-electron chi connectivity index (χ3n) is 1.67. The Morgan fingerprint density at radius 3 is 2.25 bits per heavy atom. The van der Waals surface area contributed by atoms with E-state index >= 15 is 0 Å². The number of ether oxygens (including phenoxy) is 1. The zero-order chi connectivity index (χ0) is 12.4. The first-order valence-electron chi connectivity index (χ1n) is 5.48. The summed E-state index contributed by atoms with van der Waals surface area (Å²) in [4.78, 5) is 11.3. The van der Waals surface area contributed by atoms with Crippen molar-refractivity contribution in [3.05, 3.63) is 35.4 Å². The van der Waals surface area contributed by atoms with Crippen molar-refractivity contribution in [2.24, 2.45) is 0 Å². The highest BCUT2D eigenvalue weighted by atomic mass is 16.5. The van der Waals surface area contributed by atoms with Gasteiger partial charge in [0.1, 0.15) is 0 Å². The second kappa shape index (κ2) is 8.55. The molecule has 0 aromatic heterocycles. The van der Waals surface area contributed by atoms with E-state index in [1.807, 2.05) is 26.0 Å². The van der Waals surface area contributed by atoms with E-state index in [-0.39, 0.29) is 5.97 Å². The molecule has 0 aliphatic rings. The summed E-state index contributed by atoms with van der Waals surface area (Å²) in [6, 6.07) is 7.06. The maximum Gasteiger partial charge on any atom is 0.338 e. The van der Waals surface area contributed by atoms with Gasteiger partial charge in [-0.3, -0.25) is 0 Å². The zero-order valence-electron chi connectivity index (χ0n) is 10.3. The van der Waals surface area contributed by atoms with Crippen LogP contribution in [0.1, 0.15) is 43.6 Å². The lowest BCUT2D eigenvalue weighted by molar-refractivity contribution is 0.0526. The van der Waals surface area contributed by atoms with Gasteiger partial charge in [0.05, 0.1) is 12.2 Å². The molecule has 0 saturated heterocycles. The van der Waals surface area contributed by atoms with Gasteiger partial charge < -0.3 is 4.74 Å². The van der Waals surface area contributed by atoms with Crippen molar-refractivity contribution in [3.63, 3.8) is 0 Å². The summed E-state index contributed by atoms with van der Waals surface area (Å²) >= 11 is 0. The van der Waals surface area contributed by atoms with E-state index in [9.17, 15) is 4.79 Å². The van der Waals surface area contributed by atoms with Crippen molar-refractivity contribution in [2.75, 3.05) is 6.61 Å². The minimum atomic E-state index is -0.288. The summed E-state index contributed by atoms with van der Waals surface area (Å²) in [6.45, 7) is 7.96. The summed E-state index contributed by atoms with van der Waals surface area (Å²) in [5.74, 6) is 5.41. The van der Waals surface area contributed by atoms with Gasteiger partial charge in [0, 0.05) is 5.56 Å². The number of carbonyl (C=O) groups excluding carboxylic acids is 1. The molecule has 0 unspecified atom stereocenters. The molecule has 86 valence electrons. The van der Waals surface area contributed by atoms with E-state index in [1.165, 1.54) is 0 Å². The van der Waals surface area contributed by atoms with Gasteiger partial charge in [-0.2, -0.15) is 0 Å². The minimum absolute atomic E-state index is 0.288. The van der Waals surface area contributed by atoms with Crippen molar-refractivity contribution in [1.29, 1.82) is 0 Å². The number of benzene rings is 1. The predicted octanol–water partition coefficient (Wildman–Crippen LogP) is 3.26. The molecule has 0 bridgehead atoms. The smallest absolute Gasteiger partial charge is 0.338 e. The first-order valence-corrected chi connectivity index (χ1v) is 5.48. The van der Waals surface area contributed by atoms with Crippen molar-refractivity contribution >= 4 is 5.97 Å². The first kappa shape index (κ1) is 14.2. The molecule has 0 saturated carbocycles. The molecule has 0 aliphatic heterocycles. The third-order valence-corrected chi connectivity index (χ3v) is 1.67. The average molecular weight is 218 g/mol. The molecule has 2 nitrogen and oxygen atoms in total. The second-order valence-corrected chi connectivity index (χ2v) is 2.67. The van der Waals surface area contributed by atoms with Gasteiger partial charge in [-0.05, 0) is 38.1 Å². The molecule has 0 spiro atoms. The van der Waals surface area contributed by atoms with E-state index in [0.29, 0.717) is 12.2 Å². The van der Waals surface area contributed by atoms with E-state index < -0.39 is 0 Å². The van der Waals surface area contributed by atoms with Gasteiger partial charge >= 0.3 is 5.97 Å². The summed E-state index contributed by atoms with van der Waals surface area (Å²) in [5, 5.41) is 0. The number of hydrogen-bond acceptors (Lipinski definition) is 2. The minimum Gasteiger partial charge on any atom is -0.462 e. The predicted molar refractivity (Wildman–Crippen MR) is 66.3 cm³/mol. The van der Waals surface area contributed by atoms with E-state index in [2.05, 4.69) is 11.8 Å². The molecule has 0 fully saturated rings. The Kier molecular flexibility index (Phi) is 7.61. The quantitative estimate of drug-likeness (QED) is 0.562. The van der Waals surface area contributed by atoms with E-state index in [0.717, 1.165) is 5.56 Å². The molecule has 1 aromatic rings. The summed E-state index contributed by atoms with van der Waals surface area (Å²) in [7, 11) is 0. The van der Waals surface area contributed by atoms with Crippen LogP contribution in [0, 0.1) is 11.8 Å². The molecule has 1 rings (SSSR count). The molecule has 0 amide bonds. The van der Waals surface area contributed by atoms with Crippen LogP contribution in [0.25, 0.3) is 0 Å². The molecule has 0 N–H and O–H groups in total. The number of hydrogen-bond donors (Lipinski definition) is 0. The fraction of sp³-hybridized carbons (Fsp3) is 0.357. The number of esters is 1. The Morgan fingerprint density at radius 2 is 1.81 bits per heavy atom. The third kappa shape index (κ3) is 4.65. The topological polar surface area (TPSA) is 26.3 Å². The monoisotopic (exact) mass is 218 g/mol. The van der Waals surface area contributed by atoms with Crippen LogP contribution >= 0.6 is 0 Å². The van der Waals surface area contributed by atoms with Crippen LogP contribution in [-0.2, 0) is 4.74 Å². The van der Waals surface area contributed by atoms with Crippen molar-refractivity contribution in [1.82, 2.24) is 0 Å². The van der Waals surface area contributed by atoms with Gasteiger partial charge in [0.25, 0.3) is 0 Å². The van der Waals surface area contributed by atoms with Gasteiger partial charge in [0.15, 0.2) is 0 Å².